The van der Waals surface area contributed by atoms with Gasteiger partial charge in [-0.3, -0.25) is 9.59 Å². The molecule has 2 atom stereocenters. The van der Waals surface area contributed by atoms with Crippen LogP contribution in [0.15, 0.2) is 29.3 Å². The maximum atomic E-state index is 12.8. The van der Waals surface area contributed by atoms with E-state index in [9.17, 15) is 9.59 Å². The lowest BCUT2D eigenvalue weighted by Gasteiger charge is -2.29. The fraction of sp³-hybridized carbons (Fsp3) is 0.591. The molecule has 4 rings (SSSR count). The number of amides is 2. The zero-order valence-corrected chi connectivity index (χ0v) is 17.3. The van der Waals surface area contributed by atoms with Crippen LogP contribution in [0, 0.1) is 5.92 Å². The van der Waals surface area contributed by atoms with Gasteiger partial charge < -0.3 is 10.2 Å². The second-order valence-corrected chi connectivity index (χ2v) is 9.42. The van der Waals surface area contributed by atoms with Crippen molar-refractivity contribution >= 4 is 28.7 Å². The molecule has 5 nitrogen and oxygen atoms in total. The van der Waals surface area contributed by atoms with E-state index in [1.807, 2.05) is 17.0 Å². The summed E-state index contributed by atoms with van der Waals surface area (Å²) in [5.41, 5.74) is 2.54. The van der Waals surface area contributed by atoms with Crippen molar-refractivity contribution < 1.29 is 9.59 Å². The van der Waals surface area contributed by atoms with Crippen molar-refractivity contribution in [3.8, 4) is 0 Å². The Kier molecular flexibility index (Phi) is 6.04. The molecule has 0 aromatic heterocycles. The number of aliphatic imine (C=N–C) groups is 1. The van der Waals surface area contributed by atoms with Crippen molar-refractivity contribution in [2.75, 3.05) is 6.54 Å². The van der Waals surface area contributed by atoms with Crippen LogP contribution in [-0.4, -0.2) is 39.7 Å². The van der Waals surface area contributed by atoms with Gasteiger partial charge in [0.15, 0.2) is 5.17 Å². The number of carbonyl (C=O) groups excluding carboxylic acids is 2. The maximum Gasteiger partial charge on any atom is 0.262 e. The standard InChI is InChI=1S/C22H29N3O2S/c1-15(16-7-3-2-4-8-16)23-22-24-21(27)19(28-22)13-20(26)25-12-11-17-9-5-6-10-18(17)14-25/h5-6,9-10,15-16,19H,2-4,7-8,11-14H2,1H3,(H,23,24,27)/t15-,19?/m1/s1. The van der Waals surface area contributed by atoms with Gasteiger partial charge in [0.25, 0.3) is 5.91 Å². The summed E-state index contributed by atoms with van der Waals surface area (Å²) in [6.07, 6.45) is 7.55. The van der Waals surface area contributed by atoms with Gasteiger partial charge in [-0.25, -0.2) is 0 Å². The molecular weight excluding hydrogens is 370 g/mol. The molecule has 2 aliphatic heterocycles. The third-order valence-corrected chi connectivity index (χ3v) is 7.38. The molecule has 150 valence electrons. The summed E-state index contributed by atoms with van der Waals surface area (Å²) in [6, 6.07) is 8.61. The van der Waals surface area contributed by atoms with Crippen LogP contribution >= 0.6 is 11.8 Å². The predicted octanol–water partition coefficient (Wildman–Crippen LogP) is 3.52. The molecule has 0 radical (unpaired) electrons. The van der Waals surface area contributed by atoms with E-state index >= 15 is 0 Å². The molecule has 1 aromatic carbocycles. The van der Waals surface area contributed by atoms with Gasteiger partial charge in [0.2, 0.25) is 5.91 Å². The molecule has 0 spiro atoms. The highest BCUT2D eigenvalue weighted by atomic mass is 32.2. The van der Waals surface area contributed by atoms with Crippen LogP contribution in [0.1, 0.15) is 56.6 Å². The molecule has 6 heteroatoms. The normalized spacial score (nSPS) is 23.9. The quantitative estimate of drug-likeness (QED) is 0.842. The lowest BCUT2D eigenvalue weighted by Crippen LogP contribution is -2.38. The summed E-state index contributed by atoms with van der Waals surface area (Å²) in [7, 11) is 0. The Morgan fingerprint density at radius 2 is 2.00 bits per heavy atom. The zero-order chi connectivity index (χ0) is 19.5. The van der Waals surface area contributed by atoms with Crippen LogP contribution in [0.3, 0.4) is 0 Å². The highest BCUT2D eigenvalue weighted by Gasteiger charge is 2.34. The Morgan fingerprint density at radius 3 is 2.79 bits per heavy atom. The lowest BCUT2D eigenvalue weighted by atomic mass is 9.85. The smallest absolute Gasteiger partial charge is 0.262 e. The molecule has 1 saturated carbocycles. The third-order valence-electron chi connectivity index (χ3n) is 6.29. The van der Waals surface area contributed by atoms with Gasteiger partial charge in [0, 0.05) is 25.6 Å². The number of rotatable bonds is 4. The van der Waals surface area contributed by atoms with Crippen LogP contribution in [0.4, 0.5) is 0 Å². The lowest BCUT2D eigenvalue weighted by molar-refractivity contribution is -0.133. The Bertz CT molecular complexity index is 773. The van der Waals surface area contributed by atoms with Gasteiger partial charge in [-0.2, -0.15) is 4.99 Å². The summed E-state index contributed by atoms with van der Waals surface area (Å²) in [5, 5.41) is 3.76. The molecule has 28 heavy (non-hydrogen) atoms. The van der Waals surface area contributed by atoms with Crippen LogP contribution in [-0.2, 0) is 22.6 Å². The zero-order valence-electron chi connectivity index (χ0n) is 16.5. The van der Waals surface area contributed by atoms with E-state index in [0.29, 0.717) is 23.7 Å². The van der Waals surface area contributed by atoms with E-state index in [-0.39, 0.29) is 23.5 Å². The first kappa shape index (κ1) is 19.5. The second kappa shape index (κ2) is 8.68. The van der Waals surface area contributed by atoms with Gasteiger partial charge in [0.1, 0.15) is 5.25 Å². The minimum absolute atomic E-state index is 0.0529. The topological polar surface area (TPSA) is 61.8 Å². The van der Waals surface area contributed by atoms with E-state index < -0.39 is 0 Å². The van der Waals surface area contributed by atoms with Crippen LogP contribution in [0.25, 0.3) is 0 Å². The molecule has 1 fully saturated rings. The molecule has 1 N–H and O–H groups in total. The minimum atomic E-state index is -0.384. The molecular formula is C22H29N3O2S. The number of amidine groups is 1. The van der Waals surface area contributed by atoms with E-state index in [2.05, 4.69) is 29.4 Å². The average Bonchev–Trinajstić information content (AvgIpc) is 3.06. The van der Waals surface area contributed by atoms with Crippen molar-refractivity contribution in [1.29, 1.82) is 0 Å². The van der Waals surface area contributed by atoms with Gasteiger partial charge in [-0.15, -0.1) is 0 Å². The number of nitrogens with zero attached hydrogens (tertiary/aromatic N) is 2. The second-order valence-electron chi connectivity index (χ2n) is 8.23. The number of hydrogen-bond donors (Lipinski definition) is 1. The van der Waals surface area contributed by atoms with Gasteiger partial charge in [-0.05, 0) is 43.2 Å². The molecule has 0 saturated heterocycles. The first-order valence-corrected chi connectivity index (χ1v) is 11.4. The molecule has 2 amide bonds. The van der Waals surface area contributed by atoms with Crippen LogP contribution < -0.4 is 5.32 Å². The summed E-state index contributed by atoms with van der Waals surface area (Å²) < 4.78 is 0. The molecule has 1 aliphatic carbocycles. The van der Waals surface area contributed by atoms with E-state index in [1.54, 1.807) is 0 Å². The molecule has 3 aliphatic rings. The van der Waals surface area contributed by atoms with E-state index in [4.69, 9.17) is 0 Å². The fourth-order valence-corrected chi connectivity index (χ4v) is 5.57. The Labute approximate surface area is 171 Å². The average molecular weight is 400 g/mol. The molecule has 1 unspecified atom stereocenters. The number of benzene rings is 1. The number of hydrogen-bond acceptors (Lipinski definition) is 4. The Hall–Kier alpha value is -1.82. The van der Waals surface area contributed by atoms with Crippen LogP contribution in [0.2, 0.25) is 0 Å². The van der Waals surface area contributed by atoms with Gasteiger partial charge in [0.05, 0.1) is 0 Å². The maximum absolute atomic E-state index is 12.8. The fourth-order valence-electron chi connectivity index (χ4n) is 4.52. The largest absolute Gasteiger partial charge is 0.362 e. The number of fused-ring (bicyclic) bond motifs is 1. The highest BCUT2D eigenvalue weighted by Crippen LogP contribution is 2.30. The molecule has 1 aromatic rings. The monoisotopic (exact) mass is 399 g/mol. The van der Waals surface area contributed by atoms with Crippen molar-refractivity contribution in [3.05, 3.63) is 35.4 Å². The van der Waals surface area contributed by atoms with Gasteiger partial charge in [-0.1, -0.05) is 55.3 Å². The predicted molar refractivity (Wildman–Crippen MR) is 113 cm³/mol. The van der Waals surface area contributed by atoms with Crippen molar-refractivity contribution in [3.63, 3.8) is 0 Å². The van der Waals surface area contributed by atoms with E-state index in [0.717, 1.165) is 13.0 Å². The minimum Gasteiger partial charge on any atom is -0.362 e. The number of carbonyl (C=O) groups is 2. The Morgan fingerprint density at radius 1 is 1.25 bits per heavy atom. The van der Waals surface area contributed by atoms with Crippen LogP contribution in [0.5, 0.6) is 0 Å². The van der Waals surface area contributed by atoms with Gasteiger partial charge >= 0.3 is 0 Å². The molecule has 0 bridgehead atoms. The highest BCUT2D eigenvalue weighted by molar-refractivity contribution is 8.15. The summed E-state index contributed by atoms with van der Waals surface area (Å²) >= 11 is 1.43. The molecule has 2 heterocycles. The first-order valence-electron chi connectivity index (χ1n) is 10.5. The van der Waals surface area contributed by atoms with E-state index in [1.165, 1.54) is 55.0 Å². The third kappa shape index (κ3) is 4.43. The summed E-state index contributed by atoms with van der Waals surface area (Å²) in [4.78, 5) is 31.2. The first-order chi connectivity index (χ1) is 13.6. The number of nitrogens with one attached hydrogen (secondary N) is 1. The number of thioether (sulfide) groups is 1. The van der Waals surface area contributed by atoms with Crippen molar-refractivity contribution in [2.24, 2.45) is 10.9 Å². The van der Waals surface area contributed by atoms with Crippen molar-refractivity contribution in [1.82, 2.24) is 10.2 Å². The van der Waals surface area contributed by atoms with Crippen molar-refractivity contribution in [2.45, 2.75) is 69.7 Å². The summed E-state index contributed by atoms with van der Waals surface area (Å²) in [6.45, 7) is 3.56. The summed E-state index contributed by atoms with van der Waals surface area (Å²) in [5.74, 6) is 0.535. The Balaban J connectivity index is 1.29. The SMILES string of the molecule is C[C@@H](NC1=NC(=O)C(CC(=O)N2CCc3ccccc3C2)S1)C1CCCCC1.